The molecule has 1 unspecified atom stereocenters. The van der Waals surface area contributed by atoms with Crippen LogP contribution >= 0.6 is 0 Å². The van der Waals surface area contributed by atoms with Gasteiger partial charge in [0.2, 0.25) is 5.88 Å². The van der Waals surface area contributed by atoms with Crippen LogP contribution in [0.1, 0.15) is 51.6 Å². The molecule has 0 radical (unpaired) electrons. The van der Waals surface area contributed by atoms with E-state index in [9.17, 15) is 9.59 Å². The van der Waals surface area contributed by atoms with Gasteiger partial charge in [0, 0.05) is 31.4 Å². The van der Waals surface area contributed by atoms with Crippen LogP contribution in [0.2, 0.25) is 0 Å². The second-order valence-electron chi connectivity index (χ2n) is 7.81. The first-order chi connectivity index (χ1) is 12.2. The second-order valence-corrected chi connectivity index (χ2v) is 7.81. The SMILES string of the molecule is COc1ccc(C(N)CC2CCN(C(=O)OC(=O)C(C)(C)C)CC2)cn1. The van der Waals surface area contributed by atoms with E-state index in [0.29, 0.717) is 24.9 Å². The molecule has 1 saturated heterocycles. The average Bonchev–Trinajstić information content (AvgIpc) is 2.61. The molecule has 7 nitrogen and oxygen atoms in total. The fourth-order valence-corrected chi connectivity index (χ4v) is 2.88. The Balaban J connectivity index is 1.80. The van der Waals surface area contributed by atoms with Crippen molar-refractivity contribution < 1.29 is 19.1 Å². The first-order valence-electron chi connectivity index (χ1n) is 8.97. The Bertz CT molecular complexity index is 617. The van der Waals surface area contributed by atoms with Gasteiger partial charge in [-0.2, -0.15) is 0 Å². The largest absolute Gasteiger partial charge is 0.481 e. The molecule has 2 heterocycles. The minimum atomic E-state index is -0.687. The van der Waals surface area contributed by atoms with Gasteiger partial charge in [0.1, 0.15) is 0 Å². The molecule has 1 atom stereocenters. The van der Waals surface area contributed by atoms with Crippen molar-refractivity contribution in [2.45, 2.75) is 46.1 Å². The number of methoxy groups -OCH3 is 1. The van der Waals surface area contributed by atoms with Gasteiger partial charge in [0.05, 0.1) is 12.5 Å². The fraction of sp³-hybridized carbons (Fsp3) is 0.632. The summed E-state index contributed by atoms with van der Waals surface area (Å²) in [4.78, 5) is 29.7. The van der Waals surface area contributed by atoms with Crippen molar-refractivity contribution in [3.8, 4) is 5.88 Å². The summed E-state index contributed by atoms with van der Waals surface area (Å²) in [5.74, 6) is 0.491. The van der Waals surface area contributed by atoms with Gasteiger partial charge in [-0.15, -0.1) is 0 Å². The molecule has 1 aliphatic rings. The van der Waals surface area contributed by atoms with Crippen LogP contribution < -0.4 is 10.5 Å². The zero-order chi connectivity index (χ0) is 19.3. The lowest BCUT2D eigenvalue weighted by Gasteiger charge is -2.32. The van der Waals surface area contributed by atoms with E-state index >= 15 is 0 Å². The van der Waals surface area contributed by atoms with Gasteiger partial charge in [-0.25, -0.2) is 9.78 Å². The lowest BCUT2D eigenvalue weighted by molar-refractivity contribution is -0.147. The number of rotatable bonds is 4. The number of ether oxygens (including phenoxy) is 2. The third kappa shape index (κ3) is 5.42. The first kappa shape index (κ1) is 20.2. The summed E-state index contributed by atoms with van der Waals surface area (Å²) in [5.41, 5.74) is 6.58. The highest BCUT2D eigenvalue weighted by atomic mass is 16.6. The van der Waals surface area contributed by atoms with E-state index in [4.69, 9.17) is 15.2 Å². The number of hydrogen-bond donors (Lipinski definition) is 1. The smallest absolute Gasteiger partial charge is 0.417 e. The van der Waals surface area contributed by atoms with Crippen LogP contribution in [-0.4, -0.2) is 42.1 Å². The summed E-state index contributed by atoms with van der Waals surface area (Å²) in [5, 5.41) is 0. The van der Waals surface area contributed by atoms with Crippen molar-refractivity contribution in [2.75, 3.05) is 20.2 Å². The number of pyridine rings is 1. The van der Waals surface area contributed by atoms with E-state index < -0.39 is 17.5 Å². The van der Waals surface area contributed by atoms with Crippen molar-refractivity contribution in [3.63, 3.8) is 0 Å². The minimum Gasteiger partial charge on any atom is -0.481 e. The number of aromatic nitrogens is 1. The van der Waals surface area contributed by atoms with E-state index in [1.807, 2.05) is 6.07 Å². The monoisotopic (exact) mass is 363 g/mol. The molecule has 0 bridgehead atoms. The summed E-state index contributed by atoms with van der Waals surface area (Å²) >= 11 is 0. The Morgan fingerprint density at radius 3 is 2.46 bits per heavy atom. The van der Waals surface area contributed by atoms with Crippen LogP contribution in [0.5, 0.6) is 5.88 Å². The van der Waals surface area contributed by atoms with Crippen LogP contribution in [0, 0.1) is 11.3 Å². The summed E-state index contributed by atoms with van der Waals surface area (Å²) < 4.78 is 10.0. The number of nitrogens with zero attached hydrogens (tertiary/aromatic N) is 2. The van der Waals surface area contributed by atoms with Gasteiger partial charge in [-0.1, -0.05) is 6.07 Å². The van der Waals surface area contributed by atoms with E-state index in [1.165, 1.54) is 0 Å². The number of amides is 1. The Morgan fingerprint density at radius 2 is 1.96 bits per heavy atom. The maximum atomic E-state index is 12.1. The summed E-state index contributed by atoms with van der Waals surface area (Å²) in [6.45, 7) is 6.34. The highest BCUT2D eigenvalue weighted by Crippen LogP contribution is 2.28. The molecule has 0 saturated carbocycles. The van der Waals surface area contributed by atoms with E-state index in [1.54, 1.807) is 45.0 Å². The lowest BCUT2D eigenvalue weighted by Crippen LogP contribution is -2.41. The molecule has 2 rings (SSSR count). The predicted molar refractivity (Wildman–Crippen MR) is 97.6 cm³/mol. The van der Waals surface area contributed by atoms with E-state index in [-0.39, 0.29) is 6.04 Å². The maximum Gasteiger partial charge on any atom is 0.417 e. The van der Waals surface area contributed by atoms with Crippen LogP contribution in [-0.2, 0) is 9.53 Å². The molecule has 1 aliphatic heterocycles. The molecule has 1 aromatic rings. The zero-order valence-corrected chi connectivity index (χ0v) is 16.0. The van der Waals surface area contributed by atoms with Gasteiger partial charge >= 0.3 is 12.1 Å². The van der Waals surface area contributed by atoms with Crippen LogP contribution in [0.4, 0.5) is 4.79 Å². The molecule has 1 fully saturated rings. The number of hydrogen-bond acceptors (Lipinski definition) is 6. The fourth-order valence-electron chi connectivity index (χ4n) is 2.88. The minimum absolute atomic E-state index is 0.0978. The molecule has 26 heavy (non-hydrogen) atoms. The topological polar surface area (TPSA) is 94.8 Å². The van der Waals surface area contributed by atoms with Crippen molar-refractivity contribution in [2.24, 2.45) is 17.1 Å². The maximum absolute atomic E-state index is 12.1. The number of esters is 1. The van der Waals surface area contributed by atoms with Gasteiger partial charge in [0.15, 0.2) is 0 Å². The normalized spacial score (nSPS) is 16.9. The Hall–Kier alpha value is -2.15. The zero-order valence-electron chi connectivity index (χ0n) is 16.0. The Labute approximate surface area is 154 Å². The van der Waals surface area contributed by atoms with Gasteiger partial charge in [-0.3, -0.25) is 4.79 Å². The predicted octanol–water partition coefficient (Wildman–Crippen LogP) is 2.90. The number of carbonyl (C=O) groups excluding carboxylic acids is 2. The van der Waals surface area contributed by atoms with Crippen molar-refractivity contribution in [1.29, 1.82) is 0 Å². The molecule has 0 aliphatic carbocycles. The van der Waals surface area contributed by atoms with Crippen molar-refractivity contribution in [1.82, 2.24) is 9.88 Å². The molecule has 0 spiro atoms. The quantitative estimate of drug-likeness (QED) is 0.653. The Morgan fingerprint density at radius 1 is 1.31 bits per heavy atom. The molecule has 2 N–H and O–H groups in total. The van der Waals surface area contributed by atoms with Crippen molar-refractivity contribution in [3.05, 3.63) is 23.9 Å². The van der Waals surface area contributed by atoms with E-state index in [0.717, 1.165) is 24.8 Å². The van der Waals surface area contributed by atoms with E-state index in [2.05, 4.69) is 4.98 Å². The summed E-state index contributed by atoms with van der Waals surface area (Å²) in [6.07, 6.45) is 3.71. The number of likely N-dealkylation sites (tertiary alicyclic amines) is 1. The van der Waals surface area contributed by atoms with Gasteiger partial charge in [-0.05, 0) is 51.5 Å². The van der Waals surface area contributed by atoms with Crippen molar-refractivity contribution >= 4 is 12.1 Å². The molecular weight excluding hydrogens is 334 g/mol. The Kier molecular flexibility index (Phi) is 6.58. The number of nitrogens with two attached hydrogens (primary N) is 1. The summed E-state index contributed by atoms with van der Waals surface area (Å²) in [6, 6.07) is 3.64. The number of piperidine rings is 1. The third-order valence-corrected chi connectivity index (χ3v) is 4.65. The van der Waals surface area contributed by atoms with Gasteiger partial charge < -0.3 is 20.1 Å². The lowest BCUT2D eigenvalue weighted by atomic mass is 9.88. The third-order valence-electron chi connectivity index (χ3n) is 4.65. The van der Waals surface area contributed by atoms with Gasteiger partial charge in [0.25, 0.3) is 0 Å². The average molecular weight is 363 g/mol. The molecule has 1 amide bonds. The molecule has 144 valence electrons. The second kappa shape index (κ2) is 8.49. The molecular formula is C19H29N3O4. The van der Waals surface area contributed by atoms with Crippen LogP contribution in [0.3, 0.4) is 0 Å². The molecule has 0 aromatic carbocycles. The highest BCUT2D eigenvalue weighted by molar-refractivity contribution is 5.87. The first-order valence-corrected chi connectivity index (χ1v) is 8.97. The van der Waals surface area contributed by atoms with Crippen LogP contribution in [0.25, 0.3) is 0 Å². The molecule has 7 heteroatoms. The standard InChI is InChI=1S/C19H29N3O4/c1-19(2,3)17(23)26-18(24)22-9-7-13(8-10-22)11-15(20)14-5-6-16(25-4)21-12-14/h5-6,12-13,15H,7-11,20H2,1-4H3. The highest BCUT2D eigenvalue weighted by Gasteiger charge is 2.30. The number of carbonyl (C=O) groups is 2. The summed E-state index contributed by atoms with van der Waals surface area (Å²) in [7, 11) is 1.58. The van der Waals surface area contributed by atoms with Crippen LogP contribution in [0.15, 0.2) is 18.3 Å². The molecule has 1 aromatic heterocycles.